The van der Waals surface area contributed by atoms with Crippen molar-refractivity contribution in [3.05, 3.63) is 76.7 Å². The van der Waals surface area contributed by atoms with Crippen LogP contribution >= 0.6 is 0 Å². The van der Waals surface area contributed by atoms with Gasteiger partial charge in [0.2, 0.25) is 5.60 Å². The van der Waals surface area contributed by atoms with Gasteiger partial charge in [-0.3, -0.25) is 4.79 Å². The molecule has 0 bridgehead atoms. The molecule has 3 aromatic rings. The number of Topliss-reactive ketones (excluding diaryl/α,β-unsaturated/α-hetero) is 1. The lowest BCUT2D eigenvalue weighted by atomic mass is 9.88. The van der Waals surface area contributed by atoms with Gasteiger partial charge >= 0.3 is 6.18 Å². The third kappa shape index (κ3) is 6.23. The van der Waals surface area contributed by atoms with Crippen molar-refractivity contribution >= 4 is 5.78 Å². The van der Waals surface area contributed by atoms with Crippen LogP contribution in [0.25, 0.3) is 11.3 Å². The van der Waals surface area contributed by atoms with Crippen molar-refractivity contribution in [1.29, 1.82) is 0 Å². The second kappa shape index (κ2) is 10.9. The fourth-order valence-electron chi connectivity index (χ4n) is 4.14. The first-order chi connectivity index (χ1) is 18.3. The van der Waals surface area contributed by atoms with Gasteiger partial charge in [0.15, 0.2) is 17.3 Å². The molecule has 2 atom stereocenters. The van der Waals surface area contributed by atoms with Gasteiger partial charge in [0.25, 0.3) is 0 Å². The molecule has 1 fully saturated rings. The highest BCUT2D eigenvalue weighted by Gasteiger charge is 2.56. The number of ketones is 1. The van der Waals surface area contributed by atoms with E-state index in [0.29, 0.717) is 22.6 Å². The number of nitrogens with zero attached hydrogens (tertiary/aromatic N) is 1. The van der Waals surface area contributed by atoms with Gasteiger partial charge in [0.1, 0.15) is 5.82 Å². The Morgan fingerprint density at radius 3 is 2.44 bits per heavy atom. The Labute approximate surface area is 223 Å². The Morgan fingerprint density at radius 1 is 1.13 bits per heavy atom. The molecule has 0 saturated heterocycles. The van der Waals surface area contributed by atoms with Gasteiger partial charge in [-0.15, -0.1) is 0 Å². The van der Waals surface area contributed by atoms with Crippen LogP contribution in [0.1, 0.15) is 65.8 Å². The Balaban J connectivity index is 1.66. The molecule has 2 unspecified atom stereocenters. The molecular formula is C29H30F4N2O4. The van der Waals surface area contributed by atoms with Crippen molar-refractivity contribution in [2.75, 3.05) is 7.11 Å². The summed E-state index contributed by atoms with van der Waals surface area (Å²) in [5, 5.41) is 11.1. The van der Waals surface area contributed by atoms with E-state index < -0.39 is 48.0 Å². The lowest BCUT2D eigenvalue weighted by Crippen LogP contribution is -2.43. The molecule has 1 aromatic heterocycles. The number of methoxy groups -OCH3 is 1. The normalized spacial score (nSPS) is 15.9. The fourth-order valence-corrected chi connectivity index (χ4v) is 4.14. The van der Waals surface area contributed by atoms with Gasteiger partial charge < -0.3 is 20.3 Å². The zero-order valence-corrected chi connectivity index (χ0v) is 21.8. The molecule has 10 heteroatoms. The zero-order valence-electron chi connectivity index (χ0n) is 21.8. The number of pyridine rings is 1. The first-order valence-electron chi connectivity index (χ1n) is 12.5. The van der Waals surface area contributed by atoms with Crippen molar-refractivity contribution in [2.45, 2.75) is 63.5 Å². The van der Waals surface area contributed by atoms with Crippen LogP contribution in [0.5, 0.6) is 11.5 Å². The number of carbonyl (C=O) groups is 1. The van der Waals surface area contributed by atoms with Crippen LogP contribution in [0.2, 0.25) is 0 Å². The van der Waals surface area contributed by atoms with Crippen molar-refractivity contribution in [3.8, 4) is 22.8 Å². The van der Waals surface area contributed by atoms with Crippen LogP contribution in [0.4, 0.5) is 17.6 Å². The van der Waals surface area contributed by atoms with E-state index in [1.165, 1.54) is 50.4 Å². The SMILES string of the molecule is COc1cc(C(=O)CCC(O)(c2cc(C(C)N)cc(-c3ccc(F)c(C)c3)n2)C(F)(F)F)ccc1OC1CC1. The lowest BCUT2D eigenvalue weighted by Gasteiger charge is -2.31. The van der Waals surface area contributed by atoms with Crippen molar-refractivity contribution in [3.63, 3.8) is 0 Å². The molecule has 39 heavy (non-hydrogen) atoms. The number of alkyl halides is 3. The largest absolute Gasteiger partial charge is 0.493 e. The number of carbonyl (C=O) groups excluding carboxylic acids is 1. The molecule has 1 saturated carbocycles. The van der Waals surface area contributed by atoms with Crippen LogP contribution in [-0.2, 0) is 5.60 Å². The van der Waals surface area contributed by atoms with Gasteiger partial charge in [0.05, 0.1) is 24.6 Å². The smallest absolute Gasteiger partial charge is 0.422 e. The molecule has 1 heterocycles. The Hall–Kier alpha value is -3.50. The maximum atomic E-state index is 14.4. The average Bonchev–Trinajstić information content (AvgIpc) is 3.72. The van der Waals surface area contributed by atoms with E-state index in [0.717, 1.165) is 18.9 Å². The van der Waals surface area contributed by atoms with E-state index in [2.05, 4.69) is 4.98 Å². The number of hydrogen-bond donors (Lipinski definition) is 2. The van der Waals surface area contributed by atoms with E-state index in [9.17, 15) is 27.5 Å². The molecule has 0 amide bonds. The summed E-state index contributed by atoms with van der Waals surface area (Å²) in [6.45, 7) is 3.10. The summed E-state index contributed by atoms with van der Waals surface area (Å²) in [6, 6.07) is 10.4. The molecular weight excluding hydrogens is 516 g/mol. The van der Waals surface area contributed by atoms with Crippen molar-refractivity contribution in [2.24, 2.45) is 5.73 Å². The summed E-state index contributed by atoms with van der Waals surface area (Å²) >= 11 is 0. The highest BCUT2D eigenvalue weighted by Crippen LogP contribution is 2.43. The second-order valence-corrected chi connectivity index (χ2v) is 9.89. The van der Waals surface area contributed by atoms with Crippen LogP contribution in [-0.4, -0.2) is 35.3 Å². The maximum absolute atomic E-state index is 14.4. The van der Waals surface area contributed by atoms with Crippen LogP contribution in [0, 0.1) is 12.7 Å². The first kappa shape index (κ1) is 28.5. The topological polar surface area (TPSA) is 94.7 Å². The molecule has 4 rings (SSSR count). The number of aryl methyl sites for hydroxylation is 1. The van der Waals surface area contributed by atoms with Crippen LogP contribution in [0.3, 0.4) is 0 Å². The predicted octanol–water partition coefficient (Wildman–Crippen LogP) is 6.18. The fraction of sp³-hybridized carbons (Fsp3) is 0.379. The molecule has 3 N–H and O–H groups in total. The van der Waals surface area contributed by atoms with Gasteiger partial charge in [-0.05, 0) is 92.8 Å². The number of benzene rings is 2. The molecule has 6 nitrogen and oxygen atoms in total. The second-order valence-electron chi connectivity index (χ2n) is 9.89. The van der Waals surface area contributed by atoms with E-state index in [1.807, 2.05) is 0 Å². The molecule has 0 radical (unpaired) electrons. The summed E-state index contributed by atoms with van der Waals surface area (Å²) in [5.74, 6) is -0.351. The van der Waals surface area contributed by atoms with Gasteiger partial charge in [0, 0.05) is 23.6 Å². The Bertz CT molecular complexity index is 1370. The summed E-state index contributed by atoms with van der Waals surface area (Å²) < 4.78 is 68.1. The first-order valence-corrected chi connectivity index (χ1v) is 12.5. The highest BCUT2D eigenvalue weighted by atomic mass is 19.4. The van der Waals surface area contributed by atoms with Gasteiger partial charge in [-0.1, -0.05) is 0 Å². The summed E-state index contributed by atoms with van der Waals surface area (Å²) in [5.41, 5.74) is 2.99. The molecule has 1 aliphatic carbocycles. The van der Waals surface area contributed by atoms with Crippen LogP contribution < -0.4 is 15.2 Å². The van der Waals surface area contributed by atoms with Gasteiger partial charge in [-0.2, -0.15) is 13.2 Å². The molecule has 0 aliphatic heterocycles. The van der Waals surface area contributed by atoms with Crippen molar-refractivity contribution < 1.29 is 36.9 Å². The minimum Gasteiger partial charge on any atom is -0.493 e. The zero-order chi connectivity index (χ0) is 28.5. The third-order valence-electron chi connectivity index (χ3n) is 6.74. The number of rotatable bonds is 10. The molecule has 1 aliphatic rings. The minimum atomic E-state index is -5.16. The van der Waals surface area contributed by atoms with E-state index >= 15 is 0 Å². The van der Waals surface area contributed by atoms with E-state index in [1.54, 1.807) is 13.0 Å². The quantitative estimate of drug-likeness (QED) is 0.233. The highest BCUT2D eigenvalue weighted by molar-refractivity contribution is 5.96. The summed E-state index contributed by atoms with van der Waals surface area (Å²) in [7, 11) is 1.41. The van der Waals surface area contributed by atoms with E-state index in [4.69, 9.17) is 15.2 Å². The van der Waals surface area contributed by atoms with Crippen LogP contribution in [0.15, 0.2) is 48.5 Å². The predicted molar refractivity (Wildman–Crippen MR) is 137 cm³/mol. The molecule has 208 valence electrons. The lowest BCUT2D eigenvalue weighted by molar-refractivity contribution is -0.270. The number of hydrogen-bond acceptors (Lipinski definition) is 6. The minimum absolute atomic E-state index is 0.0884. The number of halogens is 4. The number of aliphatic hydroxyl groups is 1. The standard InChI is InChI=1S/C29H30F4N2O4/c1-16-12-18(4-8-22(16)30)23-13-20(17(2)34)15-27(35-23)28(37,29(31,32)33)11-10-24(36)19-5-9-25(26(14-19)38-3)39-21-6-7-21/h4-5,8-9,12-15,17,21,37H,6-7,10-11,34H2,1-3H3. The summed E-state index contributed by atoms with van der Waals surface area (Å²) in [6.07, 6.45) is -4.84. The molecule has 2 aromatic carbocycles. The monoisotopic (exact) mass is 546 g/mol. The van der Waals surface area contributed by atoms with Gasteiger partial charge in [-0.25, -0.2) is 9.37 Å². The number of nitrogens with two attached hydrogens (primary N) is 1. The Kier molecular flexibility index (Phi) is 7.99. The average molecular weight is 547 g/mol. The Morgan fingerprint density at radius 2 is 1.85 bits per heavy atom. The van der Waals surface area contributed by atoms with Crippen molar-refractivity contribution in [1.82, 2.24) is 4.98 Å². The third-order valence-corrected chi connectivity index (χ3v) is 6.74. The van der Waals surface area contributed by atoms with E-state index in [-0.39, 0.29) is 22.9 Å². The number of aromatic nitrogens is 1. The maximum Gasteiger partial charge on any atom is 0.422 e. The number of ether oxygens (including phenoxy) is 2. The summed E-state index contributed by atoms with van der Waals surface area (Å²) in [4.78, 5) is 17.1. The molecule has 0 spiro atoms.